The zero-order chi connectivity index (χ0) is 22.7. The molecule has 0 aliphatic heterocycles. The number of aromatic carboxylic acids is 1. The predicted octanol–water partition coefficient (Wildman–Crippen LogP) is 6.24. The number of rotatable bonds is 6. The number of alkyl halides is 3. The summed E-state index contributed by atoms with van der Waals surface area (Å²) < 4.78 is 43.3. The van der Waals surface area contributed by atoms with Crippen LogP contribution in [0.4, 0.5) is 13.2 Å². The van der Waals surface area contributed by atoms with Crippen LogP contribution < -0.4 is 4.74 Å². The molecule has 1 fully saturated rings. The number of carboxylic acids is 1. The van der Waals surface area contributed by atoms with Crippen LogP contribution in [0.3, 0.4) is 0 Å². The van der Waals surface area contributed by atoms with Crippen LogP contribution in [0.15, 0.2) is 54.6 Å². The molecule has 32 heavy (non-hydrogen) atoms. The molecule has 1 aromatic heterocycles. The molecule has 8 heteroatoms. The van der Waals surface area contributed by atoms with Gasteiger partial charge in [0.05, 0.1) is 17.3 Å². The second-order valence-corrected chi connectivity index (χ2v) is 8.01. The highest BCUT2D eigenvalue weighted by Gasteiger charge is 2.31. The van der Waals surface area contributed by atoms with E-state index in [1.807, 2.05) is 10.7 Å². The lowest BCUT2D eigenvalue weighted by Gasteiger charge is -2.24. The van der Waals surface area contributed by atoms with E-state index in [9.17, 15) is 18.0 Å². The van der Waals surface area contributed by atoms with E-state index in [4.69, 9.17) is 10.2 Å². The third kappa shape index (κ3) is 5.30. The fourth-order valence-corrected chi connectivity index (χ4v) is 4.15. The molecule has 1 aliphatic carbocycles. The first kappa shape index (κ1) is 21.9. The molecule has 4 rings (SSSR count). The average molecular weight is 444 g/mol. The summed E-state index contributed by atoms with van der Waals surface area (Å²) in [6.45, 7) is 0. The smallest absolute Gasteiger partial charge is 0.478 e. The highest BCUT2D eigenvalue weighted by Crippen LogP contribution is 2.32. The first-order valence-corrected chi connectivity index (χ1v) is 10.6. The standard InChI is InChI=1S/C24H23F3N2O3/c25-24(26,27)32-21-12-10-17(11-13-21)22-15-20(29(28-22)19-4-2-1-3-5-19)14-16-6-8-18(9-7-16)23(30)31/h6-13,15,19H,1-5,14H2,(H,30,31). The van der Waals surface area contributed by atoms with Gasteiger partial charge in [-0.1, -0.05) is 31.4 Å². The quantitative estimate of drug-likeness (QED) is 0.489. The Labute approximate surface area is 183 Å². The van der Waals surface area contributed by atoms with Gasteiger partial charge in [0, 0.05) is 17.7 Å². The predicted molar refractivity (Wildman–Crippen MR) is 113 cm³/mol. The second-order valence-electron chi connectivity index (χ2n) is 8.01. The van der Waals surface area contributed by atoms with Crippen LogP contribution in [0.5, 0.6) is 5.75 Å². The fraction of sp³-hybridized carbons (Fsp3) is 0.333. The van der Waals surface area contributed by atoms with Crippen molar-refractivity contribution in [3.8, 4) is 17.0 Å². The van der Waals surface area contributed by atoms with E-state index >= 15 is 0 Å². The first-order valence-electron chi connectivity index (χ1n) is 10.6. The molecule has 1 saturated carbocycles. The van der Waals surface area contributed by atoms with Crippen molar-refractivity contribution in [3.05, 3.63) is 71.4 Å². The lowest BCUT2D eigenvalue weighted by molar-refractivity contribution is -0.274. The Morgan fingerprint density at radius 2 is 1.69 bits per heavy atom. The van der Waals surface area contributed by atoms with Crippen LogP contribution in [-0.4, -0.2) is 27.2 Å². The summed E-state index contributed by atoms with van der Waals surface area (Å²) in [6, 6.07) is 14.7. The Balaban J connectivity index is 1.62. The van der Waals surface area contributed by atoms with E-state index in [1.165, 1.54) is 18.6 Å². The maximum absolute atomic E-state index is 12.4. The van der Waals surface area contributed by atoms with Crippen LogP contribution in [0.2, 0.25) is 0 Å². The number of aromatic nitrogens is 2. The largest absolute Gasteiger partial charge is 0.573 e. The van der Waals surface area contributed by atoms with Crippen molar-refractivity contribution in [2.45, 2.75) is 50.9 Å². The van der Waals surface area contributed by atoms with Gasteiger partial charge in [-0.2, -0.15) is 5.10 Å². The molecule has 5 nitrogen and oxygen atoms in total. The summed E-state index contributed by atoms with van der Waals surface area (Å²) in [4.78, 5) is 11.1. The van der Waals surface area contributed by atoms with Gasteiger partial charge in [0.25, 0.3) is 0 Å². The number of hydrogen-bond donors (Lipinski definition) is 1. The van der Waals surface area contributed by atoms with Crippen LogP contribution in [0, 0.1) is 0 Å². The Morgan fingerprint density at radius 3 is 2.28 bits per heavy atom. The topological polar surface area (TPSA) is 64.3 Å². The molecule has 0 amide bonds. The number of carbonyl (C=O) groups is 1. The summed E-state index contributed by atoms with van der Waals surface area (Å²) >= 11 is 0. The monoisotopic (exact) mass is 444 g/mol. The van der Waals surface area contributed by atoms with Crippen molar-refractivity contribution in [3.63, 3.8) is 0 Å². The maximum Gasteiger partial charge on any atom is 0.573 e. The van der Waals surface area contributed by atoms with Gasteiger partial charge in [0.15, 0.2) is 0 Å². The summed E-state index contributed by atoms with van der Waals surface area (Å²) in [5.41, 5.74) is 3.58. The van der Waals surface area contributed by atoms with Crippen LogP contribution in [0.1, 0.15) is 59.8 Å². The number of benzene rings is 2. The number of hydrogen-bond acceptors (Lipinski definition) is 3. The second kappa shape index (κ2) is 9.06. The third-order valence-corrected chi connectivity index (χ3v) is 5.70. The summed E-state index contributed by atoms with van der Waals surface area (Å²) in [5.74, 6) is -1.24. The zero-order valence-corrected chi connectivity index (χ0v) is 17.3. The van der Waals surface area contributed by atoms with E-state index in [0.29, 0.717) is 17.7 Å². The van der Waals surface area contributed by atoms with Crippen LogP contribution in [0.25, 0.3) is 11.3 Å². The van der Waals surface area contributed by atoms with Gasteiger partial charge >= 0.3 is 12.3 Å². The fourth-order valence-electron chi connectivity index (χ4n) is 4.15. The van der Waals surface area contributed by atoms with Gasteiger partial charge in [-0.15, -0.1) is 13.2 Å². The minimum absolute atomic E-state index is 0.233. The van der Waals surface area contributed by atoms with Crippen molar-refractivity contribution in [2.75, 3.05) is 0 Å². The van der Waals surface area contributed by atoms with Crippen LogP contribution in [-0.2, 0) is 6.42 Å². The Kier molecular flexibility index (Phi) is 6.21. The van der Waals surface area contributed by atoms with Gasteiger partial charge in [-0.05, 0) is 60.9 Å². The van der Waals surface area contributed by atoms with E-state index < -0.39 is 12.3 Å². The number of halogens is 3. The van der Waals surface area contributed by atoms with Crippen molar-refractivity contribution in [2.24, 2.45) is 0 Å². The first-order chi connectivity index (χ1) is 15.3. The van der Waals surface area contributed by atoms with Crippen molar-refractivity contribution < 1.29 is 27.8 Å². The van der Waals surface area contributed by atoms with Crippen LogP contribution >= 0.6 is 0 Å². The molecule has 1 aliphatic rings. The molecular weight excluding hydrogens is 421 g/mol. The summed E-state index contributed by atoms with van der Waals surface area (Å²) in [7, 11) is 0. The van der Waals surface area contributed by atoms with E-state index in [0.717, 1.165) is 36.9 Å². The summed E-state index contributed by atoms with van der Waals surface area (Å²) in [5, 5.41) is 13.9. The molecule has 0 unspecified atom stereocenters. The molecule has 0 atom stereocenters. The van der Waals surface area contributed by atoms with Gasteiger partial charge < -0.3 is 9.84 Å². The zero-order valence-electron chi connectivity index (χ0n) is 17.3. The molecule has 0 bridgehead atoms. The molecule has 1 heterocycles. The molecule has 168 valence electrons. The number of nitrogens with zero attached hydrogens (tertiary/aromatic N) is 2. The average Bonchev–Trinajstić information content (AvgIpc) is 3.18. The Bertz CT molecular complexity index is 1070. The SMILES string of the molecule is O=C(O)c1ccc(Cc2cc(-c3ccc(OC(F)(F)F)cc3)nn2C2CCCCC2)cc1. The van der Waals surface area contributed by atoms with Gasteiger partial charge in [0.1, 0.15) is 5.75 Å². The van der Waals surface area contributed by atoms with E-state index in [1.54, 1.807) is 36.4 Å². The van der Waals surface area contributed by atoms with Gasteiger partial charge in [-0.25, -0.2) is 4.79 Å². The molecule has 0 saturated heterocycles. The highest BCUT2D eigenvalue weighted by atomic mass is 19.4. The minimum Gasteiger partial charge on any atom is -0.478 e. The van der Waals surface area contributed by atoms with E-state index in [-0.39, 0.29) is 17.4 Å². The molecule has 0 spiro atoms. The molecule has 2 aromatic carbocycles. The lowest BCUT2D eigenvalue weighted by Crippen LogP contribution is -2.17. The molecule has 3 aromatic rings. The lowest BCUT2D eigenvalue weighted by atomic mass is 9.95. The maximum atomic E-state index is 12.4. The Morgan fingerprint density at radius 1 is 1.03 bits per heavy atom. The Hall–Kier alpha value is -3.29. The van der Waals surface area contributed by atoms with Gasteiger partial charge in [-0.3, -0.25) is 4.68 Å². The van der Waals surface area contributed by atoms with Crippen molar-refractivity contribution in [1.29, 1.82) is 0 Å². The van der Waals surface area contributed by atoms with Crippen molar-refractivity contribution >= 4 is 5.97 Å². The highest BCUT2D eigenvalue weighted by molar-refractivity contribution is 5.87. The summed E-state index contributed by atoms with van der Waals surface area (Å²) in [6.07, 6.45) is 1.39. The number of carboxylic acid groups (broad SMARTS) is 1. The van der Waals surface area contributed by atoms with Gasteiger partial charge in [0.2, 0.25) is 0 Å². The third-order valence-electron chi connectivity index (χ3n) is 5.70. The van der Waals surface area contributed by atoms with E-state index in [2.05, 4.69) is 4.74 Å². The molecule has 0 radical (unpaired) electrons. The number of ether oxygens (including phenoxy) is 1. The molecular formula is C24H23F3N2O3. The molecule has 1 N–H and O–H groups in total. The minimum atomic E-state index is -4.73. The normalized spacial score (nSPS) is 15.0. The van der Waals surface area contributed by atoms with Crippen molar-refractivity contribution in [1.82, 2.24) is 9.78 Å².